The molecular weight excluding hydrogens is 504 g/mol. The monoisotopic (exact) mass is 546 g/mol. The lowest BCUT2D eigenvalue weighted by atomic mass is 9.94. The van der Waals surface area contributed by atoms with Crippen molar-refractivity contribution in [1.82, 2.24) is 10.6 Å². The summed E-state index contributed by atoms with van der Waals surface area (Å²) in [4.78, 5) is 39.7. The molecule has 1 aliphatic carbocycles. The Balaban J connectivity index is 1.44. The van der Waals surface area contributed by atoms with E-state index >= 15 is 0 Å². The van der Waals surface area contributed by atoms with E-state index in [9.17, 15) is 19.5 Å². The first-order chi connectivity index (χ1) is 19.5. The van der Waals surface area contributed by atoms with Crippen LogP contribution in [0.4, 0.5) is 0 Å². The van der Waals surface area contributed by atoms with Gasteiger partial charge in [-0.15, -0.1) is 0 Å². The summed E-state index contributed by atoms with van der Waals surface area (Å²) in [5, 5.41) is 16.0. The smallest absolute Gasteiger partial charge is 0.309 e. The number of esters is 1. The van der Waals surface area contributed by atoms with E-state index in [0.717, 1.165) is 36.8 Å². The normalized spacial score (nSPS) is 22.3. The first kappa shape index (κ1) is 29.5. The molecule has 2 aliphatic rings. The number of nitrogens with one attached hydrogen (secondary N) is 2. The van der Waals surface area contributed by atoms with Gasteiger partial charge in [-0.3, -0.25) is 14.4 Å². The minimum Gasteiger partial charge on any atom is -0.463 e. The van der Waals surface area contributed by atoms with Crippen LogP contribution in [0.1, 0.15) is 62.5 Å². The molecule has 3 atom stereocenters. The van der Waals surface area contributed by atoms with Crippen LogP contribution in [0.2, 0.25) is 0 Å². The van der Waals surface area contributed by atoms with Gasteiger partial charge in [0.25, 0.3) is 0 Å². The van der Waals surface area contributed by atoms with Crippen LogP contribution in [0.5, 0.6) is 0 Å². The van der Waals surface area contributed by atoms with Crippen molar-refractivity contribution in [2.75, 3.05) is 13.2 Å². The Morgan fingerprint density at radius 2 is 1.65 bits per heavy atom. The maximum absolute atomic E-state index is 13.5. The van der Waals surface area contributed by atoms with Crippen molar-refractivity contribution in [2.45, 2.75) is 75.8 Å². The zero-order valence-electron chi connectivity index (χ0n) is 23.2. The summed E-state index contributed by atoms with van der Waals surface area (Å²) in [6.07, 6.45) is 10.3. The molecule has 1 spiro atoms. The molecule has 0 bridgehead atoms. The fraction of sp³-hybridized carbons (Fsp3) is 0.485. The van der Waals surface area contributed by atoms with Gasteiger partial charge in [0, 0.05) is 6.42 Å². The highest BCUT2D eigenvalue weighted by molar-refractivity contribution is 5.86. The third-order valence-electron chi connectivity index (χ3n) is 8.08. The lowest BCUT2D eigenvalue weighted by Gasteiger charge is -2.32. The zero-order valence-corrected chi connectivity index (χ0v) is 23.2. The number of cyclic esters (lactones) is 1. The number of hydrogen-bond acceptors (Lipinski definition) is 5. The van der Waals surface area contributed by atoms with Gasteiger partial charge in [0.05, 0.1) is 30.0 Å². The average Bonchev–Trinajstić information content (AvgIpc) is 3.43. The molecule has 1 saturated carbocycles. The quantitative estimate of drug-likeness (QED) is 0.339. The molecule has 1 fully saturated rings. The summed E-state index contributed by atoms with van der Waals surface area (Å²) in [5.41, 5.74) is 1.52. The van der Waals surface area contributed by atoms with Crippen molar-refractivity contribution in [3.63, 3.8) is 0 Å². The van der Waals surface area contributed by atoms with Crippen molar-refractivity contribution in [3.8, 4) is 0 Å². The van der Waals surface area contributed by atoms with Gasteiger partial charge in [0.2, 0.25) is 11.8 Å². The number of rotatable bonds is 8. The van der Waals surface area contributed by atoms with E-state index in [1.54, 1.807) is 0 Å². The highest BCUT2D eigenvalue weighted by atomic mass is 16.5. The first-order valence-corrected chi connectivity index (χ1v) is 14.6. The Kier molecular flexibility index (Phi) is 10.9. The maximum atomic E-state index is 13.5. The minimum atomic E-state index is -0.600. The molecule has 40 heavy (non-hydrogen) atoms. The van der Waals surface area contributed by atoms with Crippen molar-refractivity contribution in [2.24, 2.45) is 11.8 Å². The zero-order chi connectivity index (χ0) is 28.2. The third kappa shape index (κ3) is 8.78. The number of ether oxygens (including phenoxy) is 1. The molecule has 2 aromatic carbocycles. The number of benzene rings is 2. The van der Waals surface area contributed by atoms with Crippen LogP contribution in [-0.2, 0) is 32.0 Å². The molecule has 1 aliphatic heterocycles. The number of carbonyl (C=O) groups is 3. The number of aliphatic hydroxyl groups is 1. The van der Waals surface area contributed by atoms with Gasteiger partial charge in [0.15, 0.2) is 0 Å². The van der Waals surface area contributed by atoms with Crippen molar-refractivity contribution < 1.29 is 24.2 Å². The second-order valence-electron chi connectivity index (χ2n) is 11.3. The molecule has 0 unspecified atom stereocenters. The van der Waals surface area contributed by atoms with Crippen LogP contribution in [0.15, 0.2) is 72.8 Å². The Morgan fingerprint density at radius 1 is 0.975 bits per heavy atom. The second-order valence-corrected chi connectivity index (χ2v) is 11.3. The van der Waals surface area contributed by atoms with Crippen LogP contribution < -0.4 is 10.6 Å². The lowest BCUT2D eigenvalue weighted by molar-refractivity contribution is -0.152. The van der Waals surface area contributed by atoms with Gasteiger partial charge in [-0.2, -0.15) is 0 Å². The van der Waals surface area contributed by atoms with Crippen LogP contribution in [0.25, 0.3) is 0 Å². The number of carbonyl (C=O) groups excluding carboxylic acids is 3. The number of hydrogen-bond donors (Lipinski definition) is 3. The highest BCUT2D eigenvalue weighted by Gasteiger charge is 2.39. The Morgan fingerprint density at radius 3 is 2.33 bits per heavy atom. The Bertz CT molecular complexity index is 1130. The number of allylic oxidation sites excluding steroid dienone is 2. The van der Waals surface area contributed by atoms with Gasteiger partial charge < -0.3 is 20.5 Å². The van der Waals surface area contributed by atoms with E-state index in [1.165, 1.54) is 0 Å². The Hall–Kier alpha value is -3.45. The second kappa shape index (κ2) is 14.8. The predicted octanol–water partition coefficient (Wildman–Crippen LogP) is 4.28. The van der Waals surface area contributed by atoms with Gasteiger partial charge >= 0.3 is 5.97 Å². The molecule has 0 saturated heterocycles. The fourth-order valence-electron chi connectivity index (χ4n) is 5.78. The summed E-state index contributed by atoms with van der Waals surface area (Å²) in [7, 11) is 0. The SMILES string of the molecule is O=C(C[C@H]1CC=CCC[C@H](Cc2ccccc2)C(=O)OCC2(CCCC2)NC1=O)N[C@H](CO)Cc1ccccc1. The lowest BCUT2D eigenvalue weighted by Crippen LogP contribution is -2.53. The van der Waals surface area contributed by atoms with E-state index in [2.05, 4.69) is 10.6 Å². The molecule has 0 aromatic heterocycles. The van der Waals surface area contributed by atoms with Crippen LogP contribution in [-0.4, -0.2) is 47.7 Å². The standard InChI is InChI=1S/C33H42N2O5/c36-23-29(21-26-14-6-2-7-15-26)34-30(37)22-27-16-8-3-9-17-28(20-25-12-4-1-5-13-25)32(39)40-24-33(35-31(27)38)18-10-11-19-33/h1-8,12-15,27-29,36H,9-11,16-24H2,(H,34,37)(H,35,38)/t27-,28-,29+/m1/s1. The molecule has 7 nitrogen and oxygen atoms in total. The van der Waals surface area contributed by atoms with E-state index in [4.69, 9.17) is 4.74 Å². The molecule has 4 rings (SSSR count). The topological polar surface area (TPSA) is 105 Å². The Labute approximate surface area is 237 Å². The molecule has 2 amide bonds. The third-order valence-corrected chi connectivity index (χ3v) is 8.08. The van der Waals surface area contributed by atoms with Crippen molar-refractivity contribution >= 4 is 17.8 Å². The van der Waals surface area contributed by atoms with Gasteiger partial charge in [0.1, 0.15) is 6.61 Å². The number of amides is 2. The minimum absolute atomic E-state index is 0.0218. The van der Waals surface area contributed by atoms with Crippen molar-refractivity contribution in [1.29, 1.82) is 0 Å². The van der Waals surface area contributed by atoms with Crippen LogP contribution in [0, 0.1) is 11.8 Å². The van der Waals surface area contributed by atoms with Gasteiger partial charge in [-0.05, 0) is 56.1 Å². The largest absolute Gasteiger partial charge is 0.463 e. The van der Waals surface area contributed by atoms with Crippen LogP contribution >= 0.6 is 0 Å². The highest BCUT2D eigenvalue weighted by Crippen LogP contribution is 2.32. The molecular formula is C33H42N2O5. The maximum Gasteiger partial charge on any atom is 0.309 e. The van der Waals surface area contributed by atoms with E-state index in [0.29, 0.717) is 32.1 Å². The first-order valence-electron chi connectivity index (χ1n) is 14.6. The van der Waals surface area contributed by atoms with Gasteiger partial charge in [-0.25, -0.2) is 0 Å². The predicted molar refractivity (Wildman–Crippen MR) is 154 cm³/mol. The molecule has 2 aromatic rings. The van der Waals surface area contributed by atoms with Gasteiger partial charge in [-0.1, -0.05) is 85.7 Å². The molecule has 3 N–H and O–H groups in total. The average molecular weight is 547 g/mol. The summed E-state index contributed by atoms with van der Waals surface area (Å²) in [6.45, 7) is -0.0328. The molecule has 1 heterocycles. The van der Waals surface area contributed by atoms with E-state index < -0.39 is 17.5 Å². The summed E-state index contributed by atoms with van der Waals surface area (Å²) >= 11 is 0. The van der Waals surface area contributed by atoms with Crippen molar-refractivity contribution in [3.05, 3.63) is 83.9 Å². The fourth-order valence-corrected chi connectivity index (χ4v) is 5.78. The van der Waals surface area contributed by atoms with E-state index in [-0.39, 0.29) is 43.3 Å². The summed E-state index contributed by atoms with van der Waals surface area (Å²) < 4.78 is 5.88. The summed E-state index contributed by atoms with van der Waals surface area (Å²) in [6, 6.07) is 19.2. The molecule has 7 heteroatoms. The van der Waals surface area contributed by atoms with E-state index in [1.807, 2.05) is 72.8 Å². The summed E-state index contributed by atoms with van der Waals surface area (Å²) in [5.74, 6) is -1.49. The molecule has 0 radical (unpaired) electrons. The van der Waals surface area contributed by atoms with Crippen LogP contribution in [0.3, 0.4) is 0 Å². The number of aliphatic hydroxyl groups excluding tert-OH is 1. The molecule has 214 valence electrons.